The minimum Gasteiger partial charge on any atom is -0.271 e. The van der Waals surface area contributed by atoms with Gasteiger partial charge in [0.15, 0.2) is 0 Å². The lowest BCUT2D eigenvalue weighted by atomic mass is 10.3. The molecule has 1 rings (SSSR count). The zero-order chi connectivity index (χ0) is 7.61. The van der Waals surface area contributed by atoms with Gasteiger partial charge in [-0.15, -0.1) is 0 Å². The van der Waals surface area contributed by atoms with E-state index in [0.29, 0.717) is 6.04 Å². The van der Waals surface area contributed by atoms with Crippen LogP contribution in [0.2, 0.25) is 0 Å². The van der Waals surface area contributed by atoms with Gasteiger partial charge in [-0.2, -0.15) is 0 Å². The summed E-state index contributed by atoms with van der Waals surface area (Å²) in [6.07, 6.45) is 4.49. The first-order chi connectivity index (χ1) is 4.58. The van der Waals surface area contributed by atoms with Crippen LogP contribution in [0.4, 0.5) is 0 Å². The van der Waals surface area contributed by atoms with Crippen molar-refractivity contribution in [2.45, 2.75) is 31.7 Å². The highest BCUT2D eigenvalue weighted by Gasteiger charge is 2.19. The van der Waals surface area contributed by atoms with Gasteiger partial charge in [-0.3, -0.25) is 15.6 Å². The Morgan fingerprint density at radius 2 is 1.80 bits per heavy atom. The molecule has 1 saturated carbocycles. The Balaban J connectivity index is 2.31. The maximum Gasteiger partial charge on any atom is 0.274 e. The van der Waals surface area contributed by atoms with Crippen LogP contribution < -0.4 is 16.1 Å². The van der Waals surface area contributed by atoms with E-state index in [1.165, 1.54) is 12.8 Å². The zero-order valence-electron chi connectivity index (χ0n) is 5.92. The fourth-order valence-electron chi connectivity index (χ4n) is 1.34. The van der Waals surface area contributed by atoms with Gasteiger partial charge in [-0.1, -0.05) is 12.8 Å². The van der Waals surface area contributed by atoms with Crippen LogP contribution in [0.3, 0.4) is 0 Å². The molecule has 5 N–H and O–H groups in total. The van der Waals surface area contributed by atoms with E-state index in [0.717, 1.165) is 12.8 Å². The standard InChI is InChI=1S/C5H14N3OP/c6-10(7,9)8-5-3-1-2-4-5/h5H,1-4H2,(H5,6,7,8,9). The van der Waals surface area contributed by atoms with Crippen LogP contribution in [0.5, 0.6) is 0 Å². The summed E-state index contributed by atoms with van der Waals surface area (Å²) in [7, 11) is -2.96. The number of hydrogen-bond acceptors (Lipinski definition) is 1. The van der Waals surface area contributed by atoms with Crippen molar-refractivity contribution >= 4 is 7.59 Å². The summed E-state index contributed by atoms with van der Waals surface area (Å²) < 4.78 is 10.8. The smallest absolute Gasteiger partial charge is 0.271 e. The van der Waals surface area contributed by atoms with Crippen molar-refractivity contribution in [3.8, 4) is 0 Å². The number of hydrogen-bond donors (Lipinski definition) is 3. The monoisotopic (exact) mass is 163 g/mol. The highest BCUT2D eigenvalue weighted by atomic mass is 31.2. The predicted molar refractivity (Wildman–Crippen MR) is 41.4 cm³/mol. The Labute approximate surface area is 60.9 Å². The van der Waals surface area contributed by atoms with Crippen molar-refractivity contribution < 1.29 is 4.57 Å². The van der Waals surface area contributed by atoms with Crippen molar-refractivity contribution in [2.24, 2.45) is 11.0 Å². The van der Waals surface area contributed by atoms with Crippen molar-refractivity contribution in [3.05, 3.63) is 0 Å². The van der Waals surface area contributed by atoms with Gasteiger partial charge in [0.25, 0.3) is 7.59 Å². The predicted octanol–water partition coefficient (Wildman–Crippen LogP) is 0.544. The molecule has 0 spiro atoms. The van der Waals surface area contributed by atoms with Crippen LogP contribution in [-0.2, 0) is 4.57 Å². The number of nitrogens with one attached hydrogen (secondary N) is 1. The zero-order valence-corrected chi connectivity index (χ0v) is 6.81. The molecule has 0 atom stereocenters. The summed E-state index contributed by atoms with van der Waals surface area (Å²) in [5.41, 5.74) is 10.3. The Morgan fingerprint density at radius 1 is 1.30 bits per heavy atom. The van der Waals surface area contributed by atoms with E-state index in [2.05, 4.69) is 5.09 Å². The second-order valence-corrected chi connectivity index (χ2v) is 4.50. The van der Waals surface area contributed by atoms with Gasteiger partial charge in [0.1, 0.15) is 0 Å². The van der Waals surface area contributed by atoms with Gasteiger partial charge in [0.2, 0.25) is 0 Å². The van der Waals surface area contributed by atoms with Crippen LogP contribution in [-0.4, -0.2) is 6.04 Å². The summed E-state index contributed by atoms with van der Waals surface area (Å²) in [6, 6.07) is 0.292. The quantitative estimate of drug-likeness (QED) is 0.519. The molecule has 0 bridgehead atoms. The molecule has 0 aromatic heterocycles. The molecular formula is C5H14N3OP. The number of rotatable bonds is 2. The van der Waals surface area contributed by atoms with Crippen LogP contribution in [0, 0.1) is 0 Å². The molecule has 0 amide bonds. The molecule has 1 aliphatic rings. The molecule has 0 unspecified atom stereocenters. The average molecular weight is 163 g/mol. The minimum atomic E-state index is -2.96. The molecule has 0 aromatic rings. The molecule has 0 heterocycles. The van der Waals surface area contributed by atoms with E-state index >= 15 is 0 Å². The van der Waals surface area contributed by atoms with Gasteiger partial charge >= 0.3 is 0 Å². The molecular weight excluding hydrogens is 149 g/mol. The average Bonchev–Trinajstić information content (AvgIpc) is 2.12. The number of nitrogens with two attached hydrogens (primary N) is 2. The first kappa shape index (κ1) is 8.21. The normalized spacial score (nSPS) is 21.8. The maximum absolute atomic E-state index is 10.8. The highest BCUT2D eigenvalue weighted by molar-refractivity contribution is 7.56. The molecule has 10 heavy (non-hydrogen) atoms. The van der Waals surface area contributed by atoms with Crippen LogP contribution >= 0.6 is 7.59 Å². The molecule has 4 nitrogen and oxygen atoms in total. The van der Waals surface area contributed by atoms with Crippen molar-refractivity contribution in [1.29, 1.82) is 0 Å². The highest BCUT2D eigenvalue weighted by Crippen LogP contribution is 2.26. The van der Waals surface area contributed by atoms with Crippen LogP contribution in [0.25, 0.3) is 0 Å². The van der Waals surface area contributed by atoms with Crippen LogP contribution in [0.1, 0.15) is 25.7 Å². The summed E-state index contributed by atoms with van der Waals surface area (Å²) in [5.74, 6) is 0. The van der Waals surface area contributed by atoms with E-state index < -0.39 is 7.59 Å². The molecule has 1 aliphatic carbocycles. The summed E-state index contributed by atoms with van der Waals surface area (Å²) in [5, 5.41) is 2.73. The fraction of sp³-hybridized carbons (Fsp3) is 1.00. The molecule has 0 aliphatic heterocycles. The van der Waals surface area contributed by atoms with Gasteiger partial charge in [-0.25, -0.2) is 5.09 Å². The van der Waals surface area contributed by atoms with Gasteiger partial charge in [0.05, 0.1) is 0 Å². The SMILES string of the molecule is NP(N)(=O)NC1CCCC1. The summed E-state index contributed by atoms with van der Waals surface area (Å²) >= 11 is 0. The Hall–Kier alpha value is 0.110. The third-order valence-electron chi connectivity index (χ3n) is 1.74. The molecule has 0 aromatic carbocycles. The third-order valence-corrected chi connectivity index (χ3v) is 2.51. The Kier molecular flexibility index (Phi) is 2.47. The molecule has 1 fully saturated rings. The first-order valence-corrected chi connectivity index (χ1v) is 5.37. The molecule has 5 heteroatoms. The lowest BCUT2D eigenvalue weighted by Crippen LogP contribution is -2.30. The van der Waals surface area contributed by atoms with E-state index in [1.807, 2.05) is 0 Å². The largest absolute Gasteiger partial charge is 0.274 e. The third kappa shape index (κ3) is 2.80. The minimum absolute atomic E-state index is 0.292. The van der Waals surface area contributed by atoms with Crippen molar-refractivity contribution in [1.82, 2.24) is 5.09 Å². The lowest BCUT2D eigenvalue weighted by molar-refractivity contribution is 0.544. The summed E-state index contributed by atoms with van der Waals surface area (Å²) in [6.45, 7) is 0. The topological polar surface area (TPSA) is 81.1 Å². The van der Waals surface area contributed by atoms with E-state index in [9.17, 15) is 4.57 Å². The Bertz CT molecular complexity index is 149. The molecule has 60 valence electrons. The Morgan fingerprint density at radius 3 is 2.20 bits per heavy atom. The fourth-order valence-corrected chi connectivity index (χ4v) is 2.17. The van der Waals surface area contributed by atoms with E-state index in [-0.39, 0.29) is 0 Å². The van der Waals surface area contributed by atoms with Crippen molar-refractivity contribution in [2.75, 3.05) is 0 Å². The van der Waals surface area contributed by atoms with Crippen LogP contribution in [0.15, 0.2) is 0 Å². The maximum atomic E-state index is 10.8. The molecule has 0 radical (unpaired) electrons. The second-order valence-electron chi connectivity index (χ2n) is 2.82. The molecule has 0 saturated heterocycles. The van der Waals surface area contributed by atoms with Gasteiger partial charge in [-0.05, 0) is 12.8 Å². The van der Waals surface area contributed by atoms with E-state index in [1.54, 1.807) is 0 Å². The van der Waals surface area contributed by atoms with Gasteiger partial charge in [0, 0.05) is 6.04 Å². The lowest BCUT2D eigenvalue weighted by Gasteiger charge is -2.14. The first-order valence-electron chi connectivity index (χ1n) is 3.53. The van der Waals surface area contributed by atoms with Crippen molar-refractivity contribution in [3.63, 3.8) is 0 Å². The second kappa shape index (κ2) is 3.01. The van der Waals surface area contributed by atoms with E-state index in [4.69, 9.17) is 11.0 Å². The summed E-state index contributed by atoms with van der Waals surface area (Å²) in [4.78, 5) is 0. The van der Waals surface area contributed by atoms with Gasteiger partial charge < -0.3 is 0 Å².